The van der Waals surface area contributed by atoms with Crippen LogP contribution in [-0.4, -0.2) is 74.5 Å². The minimum absolute atomic E-state index is 0.00157. The molecule has 1 aliphatic rings. The lowest BCUT2D eigenvalue weighted by atomic mass is 10.3. The summed E-state index contributed by atoms with van der Waals surface area (Å²) in [6.07, 6.45) is 0. The number of carbonyl (C=O) groups is 2. The van der Waals surface area contributed by atoms with Crippen LogP contribution in [0.25, 0.3) is 0 Å². The highest BCUT2D eigenvalue weighted by molar-refractivity contribution is 5.81. The summed E-state index contributed by atoms with van der Waals surface area (Å²) in [5.74, 6) is -0.209. The molecule has 0 aromatic carbocycles. The van der Waals surface area contributed by atoms with E-state index in [4.69, 9.17) is 5.26 Å². The number of nitriles is 1. The van der Waals surface area contributed by atoms with Crippen molar-refractivity contribution in [2.24, 2.45) is 0 Å². The van der Waals surface area contributed by atoms with E-state index in [0.717, 1.165) is 13.1 Å². The van der Waals surface area contributed by atoms with Gasteiger partial charge >= 0.3 is 0 Å². The molecular weight excluding hydrogens is 234 g/mol. The first-order valence-corrected chi connectivity index (χ1v) is 5.94. The van der Waals surface area contributed by atoms with Gasteiger partial charge in [0.1, 0.15) is 6.54 Å². The number of hydrogen-bond acceptors (Lipinski definition) is 5. The fraction of sp³-hybridized carbons (Fsp3) is 0.727. The normalized spacial score (nSPS) is 15.3. The standard InChI is InChI=1S/C11H19N5O2/c1-15(8-10(17)14-3-2-12)9-11(18)16-6-4-13-5-7-16/h13H,3-9H2,1H3,(H,14,17). The maximum absolute atomic E-state index is 11.9. The van der Waals surface area contributed by atoms with Crippen LogP contribution in [0.5, 0.6) is 0 Å². The van der Waals surface area contributed by atoms with Gasteiger partial charge in [0.15, 0.2) is 0 Å². The number of hydrogen-bond donors (Lipinski definition) is 2. The van der Waals surface area contributed by atoms with Gasteiger partial charge in [-0.2, -0.15) is 5.26 Å². The first kappa shape index (κ1) is 14.4. The van der Waals surface area contributed by atoms with Crippen LogP contribution >= 0.6 is 0 Å². The second-order valence-electron chi connectivity index (χ2n) is 4.24. The zero-order chi connectivity index (χ0) is 13.4. The maximum Gasteiger partial charge on any atom is 0.236 e. The highest BCUT2D eigenvalue weighted by Crippen LogP contribution is 1.95. The molecule has 0 aromatic heterocycles. The number of nitrogens with one attached hydrogen (secondary N) is 2. The van der Waals surface area contributed by atoms with Gasteiger partial charge in [0, 0.05) is 26.2 Å². The largest absolute Gasteiger partial charge is 0.342 e. The van der Waals surface area contributed by atoms with Crippen LogP contribution in [0.4, 0.5) is 0 Å². The van der Waals surface area contributed by atoms with Crippen LogP contribution in [0.1, 0.15) is 0 Å². The van der Waals surface area contributed by atoms with E-state index >= 15 is 0 Å². The number of carbonyl (C=O) groups excluding carboxylic acids is 2. The second kappa shape index (κ2) is 7.63. The van der Waals surface area contributed by atoms with Gasteiger partial charge in [-0.25, -0.2) is 0 Å². The minimum Gasteiger partial charge on any atom is -0.342 e. The highest BCUT2D eigenvalue weighted by atomic mass is 16.2. The molecule has 18 heavy (non-hydrogen) atoms. The van der Waals surface area contributed by atoms with Gasteiger partial charge in [0.2, 0.25) is 11.8 Å². The molecule has 0 unspecified atom stereocenters. The molecule has 100 valence electrons. The summed E-state index contributed by atoms with van der Waals surface area (Å²) < 4.78 is 0. The van der Waals surface area contributed by atoms with Crippen LogP contribution in [0.15, 0.2) is 0 Å². The number of likely N-dealkylation sites (N-methyl/N-ethyl adjacent to an activating group) is 1. The van der Waals surface area contributed by atoms with Crippen molar-refractivity contribution >= 4 is 11.8 Å². The van der Waals surface area contributed by atoms with Crippen molar-refractivity contribution in [2.75, 3.05) is 52.9 Å². The zero-order valence-electron chi connectivity index (χ0n) is 10.6. The van der Waals surface area contributed by atoms with Crippen molar-refractivity contribution < 1.29 is 9.59 Å². The van der Waals surface area contributed by atoms with E-state index in [-0.39, 0.29) is 31.4 Å². The Morgan fingerprint density at radius 1 is 1.39 bits per heavy atom. The molecule has 2 N–H and O–H groups in total. The van der Waals surface area contributed by atoms with E-state index in [0.29, 0.717) is 13.1 Å². The molecule has 0 saturated carbocycles. The smallest absolute Gasteiger partial charge is 0.236 e. The molecule has 0 radical (unpaired) electrons. The fourth-order valence-corrected chi connectivity index (χ4v) is 1.74. The van der Waals surface area contributed by atoms with Crippen molar-refractivity contribution in [3.63, 3.8) is 0 Å². The Labute approximate surface area is 107 Å². The summed E-state index contributed by atoms with van der Waals surface area (Å²) in [6.45, 7) is 3.41. The van der Waals surface area contributed by atoms with Crippen LogP contribution in [0.2, 0.25) is 0 Å². The average Bonchev–Trinajstić information content (AvgIpc) is 2.37. The van der Waals surface area contributed by atoms with E-state index in [9.17, 15) is 9.59 Å². The van der Waals surface area contributed by atoms with E-state index in [2.05, 4.69) is 10.6 Å². The molecule has 1 rings (SSSR count). The van der Waals surface area contributed by atoms with Crippen molar-refractivity contribution in [1.29, 1.82) is 5.26 Å². The van der Waals surface area contributed by atoms with Crippen LogP contribution in [0, 0.1) is 11.3 Å². The molecule has 7 heteroatoms. The lowest BCUT2D eigenvalue weighted by Gasteiger charge is -2.29. The molecule has 1 fully saturated rings. The predicted molar refractivity (Wildman–Crippen MR) is 65.6 cm³/mol. The quantitative estimate of drug-likeness (QED) is 0.553. The molecule has 7 nitrogen and oxygen atoms in total. The molecule has 0 aromatic rings. The van der Waals surface area contributed by atoms with Crippen LogP contribution in [-0.2, 0) is 9.59 Å². The summed E-state index contributed by atoms with van der Waals surface area (Å²) in [7, 11) is 1.71. The van der Waals surface area contributed by atoms with Gasteiger partial charge < -0.3 is 15.5 Å². The highest BCUT2D eigenvalue weighted by Gasteiger charge is 2.18. The molecule has 2 amide bonds. The average molecular weight is 253 g/mol. The third-order valence-corrected chi connectivity index (χ3v) is 2.65. The van der Waals surface area contributed by atoms with Crippen LogP contribution < -0.4 is 10.6 Å². The van der Waals surface area contributed by atoms with E-state index in [1.807, 2.05) is 6.07 Å². The monoisotopic (exact) mass is 253 g/mol. The Balaban J connectivity index is 2.26. The molecule has 0 aliphatic carbocycles. The van der Waals surface area contributed by atoms with Gasteiger partial charge in [-0.3, -0.25) is 14.5 Å². The fourth-order valence-electron chi connectivity index (χ4n) is 1.74. The third-order valence-electron chi connectivity index (χ3n) is 2.65. The summed E-state index contributed by atoms with van der Waals surface area (Å²) in [5, 5.41) is 13.9. The molecule has 1 aliphatic heterocycles. The zero-order valence-corrected chi connectivity index (χ0v) is 10.6. The summed E-state index contributed by atoms with van der Waals surface area (Å²) >= 11 is 0. The van der Waals surface area contributed by atoms with Gasteiger partial charge in [-0.15, -0.1) is 0 Å². The van der Waals surface area contributed by atoms with Crippen LogP contribution in [0.3, 0.4) is 0 Å². The lowest BCUT2D eigenvalue weighted by molar-refractivity contribution is -0.133. The second-order valence-corrected chi connectivity index (χ2v) is 4.24. The number of nitrogens with zero attached hydrogens (tertiary/aromatic N) is 3. The first-order valence-electron chi connectivity index (χ1n) is 5.94. The summed E-state index contributed by atoms with van der Waals surface area (Å²) in [6, 6.07) is 1.83. The van der Waals surface area contributed by atoms with Crippen molar-refractivity contribution in [3.8, 4) is 6.07 Å². The van der Waals surface area contributed by atoms with Crippen molar-refractivity contribution in [1.82, 2.24) is 20.4 Å². The number of amides is 2. The molecular formula is C11H19N5O2. The predicted octanol–water partition coefficient (Wildman–Crippen LogP) is -2.01. The van der Waals surface area contributed by atoms with E-state index in [1.165, 1.54) is 0 Å². The Morgan fingerprint density at radius 3 is 2.67 bits per heavy atom. The minimum atomic E-state index is -0.243. The summed E-state index contributed by atoms with van der Waals surface area (Å²) in [5.41, 5.74) is 0. The molecule has 1 saturated heterocycles. The summed E-state index contributed by atoms with van der Waals surface area (Å²) in [4.78, 5) is 26.6. The topological polar surface area (TPSA) is 88.5 Å². The van der Waals surface area contributed by atoms with Gasteiger partial charge in [-0.05, 0) is 7.05 Å². The van der Waals surface area contributed by atoms with Gasteiger partial charge in [0.25, 0.3) is 0 Å². The number of rotatable bonds is 5. The van der Waals surface area contributed by atoms with E-state index < -0.39 is 0 Å². The third kappa shape index (κ3) is 5.12. The van der Waals surface area contributed by atoms with Gasteiger partial charge in [0.05, 0.1) is 19.2 Å². The number of piperazine rings is 1. The molecule has 0 atom stereocenters. The van der Waals surface area contributed by atoms with E-state index in [1.54, 1.807) is 16.8 Å². The Bertz CT molecular complexity index is 333. The Morgan fingerprint density at radius 2 is 2.06 bits per heavy atom. The first-order chi connectivity index (χ1) is 8.63. The van der Waals surface area contributed by atoms with Gasteiger partial charge in [-0.1, -0.05) is 0 Å². The lowest BCUT2D eigenvalue weighted by Crippen LogP contribution is -2.50. The Hall–Kier alpha value is -1.65. The van der Waals surface area contributed by atoms with Crippen molar-refractivity contribution in [2.45, 2.75) is 0 Å². The Kier molecular flexibility index (Phi) is 6.11. The molecule has 1 heterocycles. The maximum atomic E-state index is 11.9. The molecule has 0 spiro atoms. The SMILES string of the molecule is CN(CC(=O)NCC#N)CC(=O)N1CCNCC1. The van der Waals surface area contributed by atoms with Crippen molar-refractivity contribution in [3.05, 3.63) is 0 Å². The molecule has 0 bridgehead atoms.